The lowest BCUT2D eigenvalue weighted by molar-refractivity contribution is -0.206. The molecule has 1 aliphatic heterocycles. The van der Waals surface area contributed by atoms with E-state index in [4.69, 9.17) is 4.74 Å². The summed E-state index contributed by atoms with van der Waals surface area (Å²) in [5, 5.41) is 15.7. The Bertz CT molecular complexity index is 1540. The number of H-pyrrole nitrogens is 1. The Balaban J connectivity index is 1.32. The van der Waals surface area contributed by atoms with E-state index in [0.717, 1.165) is 28.3 Å². The maximum absolute atomic E-state index is 13.0. The molecule has 202 valence electrons. The average molecular weight is 550 g/mol. The number of urea groups is 1. The molecule has 1 saturated heterocycles. The first-order chi connectivity index (χ1) is 18.5. The number of carbonyl (C=O) groups excluding carboxylic acids is 2. The second-order valence-electron chi connectivity index (χ2n) is 8.09. The van der Waals surface area contributed by atoms with Gasteiger partial charge in [-0.1, -0.05) is 0 Å². The average Bonchev–Trinajstić information content (AvgIpc) is 3.42. The molecular formula is C23H15F5N6O5. The van der Waals surface area contributed by atoms with Crippen LogP contribution in [-0.4, -0.2) is 56.5 Å². The van der Waals surface area contributed by atoms with Crippen LogP contribution in [0.4, 0.5) is 38.1 Å². The van der Waals surface area contributed by atoms with Crippen LogP contribution in [0.1, 0.15) is 11.7 Å². The zero-order chi connectivity index (χ0) is 27.9. The summed E-state index contributed by atoms with van der Waals surface area (Å²) in [6.07, 6.45) is -4.53. The summed E-state index contributed by atoms with van der Waals surface area (Å²) in [7, 11) is 0. The Labute approximate surface area is 214 Å². The highest BCUT2D eigenvalue weighted by molar-refractivity contribution is 6.26. The lowest BCUT2D eigenvalue weighted by Crippen LogP contribution is -2.33. The first kappa shape index (κ1) is 25.8. The summed E-state index contributed by atoms with van der Waals surface area (Å²) in [6.45, 7) is -3.56. The summed E-state index contributed by atoms with van der Waals surface area (Å²) in [5.41, 5.74) is -0.349. The van der Waals surface area contributed by atoms with Crippen LogP contribution in [0.2, 0.25) is 0 Å². The van der Waals surface area contributed by atoms with Crippen molar-refractivity contribution in [1.82, 2.24) is 20.2 Å². The Morgan fingerprint density at radius 2 is 1.74 bits per heavy atom. The molecule has 0 spiro atoms. The fourth-order valence-corrected chi connectivity index (χ4v) is 3.78. The van der Waals surface area contributed by atoms with Gasteiger partial charge in [-0.15, -0.1) is 5.10 Å². The van der Waals surface area contributed by atoms with Gasteiger partial charge in [0.2, 0.25) is 5.88 Å². The molecule has 0 radical (unpaired) electrons. The van der Waals surface area contributed by atoms with Crippen molar-refractivity contribution in [2.75, 3.05) is 16.3 Å². The molecule has 2 N–H and O–H groups in total. The number of halogens is 5. The highest BCUT2D eigenvalue weighted by Crippen LogP contribution is 2.35. The zero-order valence-electron chi connectivity index (χ0n) is 19.3. The lowest BCUT2D eigenvalue weighted by atomic mass is 10.1. The first-order valence-electron chi connectivity index (χ1n) is 10.9. The number of hydrogen-bond donors (Lipinski definition) is 2. The number of anilines is 2. The highest BCUT2D eigenvalue weighted by Gasteiger charge is 2.41. The molecule has 16 heteroatoms. The van der Waals surface area contributed by atoms with Crippen LogP contribution in [0.3, 0.4) is 0 Å². The van der Waals surface area contributed by atoms with Gasteiger partial charge in [-0.2, -0.15) is 22.0 Å². The van der Waals surface area contributed by atoms with E-state index < -0.39 is 42.9 Å². The fraction of sp³-hybridized carbons (Fsp3) is 0.174. The van der Waals surface area contributed by atoms with Crippen molar-refractivity contribution >= 4 is 34.3 Å². The Morgan fingerprint density at radius 1 is 1.00 bits per heavy atom. The minimum absolute atomic E-state index is 0.103. The number of amides is 3. The van der Waals surface area contributed by atoms with Gasteiger partial charge in [-0.25, -0.2) is 14.7 Å². The number of nitrogens with zero attached hydrogens (tertiary/aromatic N) is 5. The van der Waals surface area contributed by atoms with E-state index in [1.54, 1.807) is 0 Å². The summed E-state index contributed by atoms with van der Waals surface area (Å²) >= 11 is 0. The van der Waals surface area contributed by atoms with E-state index in [-0.39, 0.29) is 39.8 Å². The standard InChI is InChI=1S/C23H15F5N6O5/c24-21(25)39-20-16-6-15(9-30-19(16)31-32-20)38-14-3-1-12(2-4-14)34-17(35)10-33(22(34)37)13-5-11(7-29-8-13)18(36)23(26,27)28/h1-9,18,21,36H,10H2,(H,30,31,32). The predicted molar refractivity (Wildman–Crippen MR) is 123 cm³/mol. The van der Waals surface area contributed by atoms with Gasteiger partial charge in [0, 0.05) is 11.8 Å². The van der Waals surface area contributed by atoms with E-state index in [2.05, 4.69) is 24.9 Å². The van der Waals surface area contributed by atoms with E-state index in [0.29, 0.717) is 0 Å². The number of nitrogens with one attached hydrogen (secondary N) is 1. The number of carbonyl (C=O) groups is 2. The molecule has 4 aromatic rings. The third-order valence-corrected chi connectivity index (χ3v) is 5.54. The lowest BCUT2D eigenvalue weighted by Gasteiger charge is -2.19. The van der Waals surface area contributed by atoms with Gasteiger partial charge in [0.15, 0.2) is 11.8 Å². The molecule has 1 unspecified atom stereocenters. The normalized spacial score (nSPS) is 14.9. The number of ether oxygens (including phenoxy) is 2. The highest BCUT2D eigenvalue weighted by atomic mass is 19.4. The molecule has 1 fully saturated rings. The first-order valence-corrected chi connectivity index (χ1v) is 10.9. The minimum Gasteiger partial charge on any atom is -0.456 e. The summed E-state index contributed by atoms with van der Waals surface area (Å²) in [4.78, 5) is 35.0. The number of aromatic amines is 1. The number of fused-ring (bicyclic) bond motifs is 1. The fourth-order valence-electron chi connectivity index (χ4n) is 3.78. The van der Waals surface area contributed by atoms with E-state index in [1.165, 1.54) is 36.5 Å². The van der Waals surface area contributed by atoms with Gasteiger partial charge < -0.3 is 14.6 Å². The smallest absolute Gasteiger partial charge is 0.418 e. The molecule has 3 amide bonds. The second kappa shape index (κ2) is 9.79. The number of alkyl halides is 5. The largest absolute Gasteiger partial charge is 0.456 e. The summed E-state index contributed by atoms with van der Waals surface area (Å²) < 4.78 is 73.8. The van der Waals surface area contributed by atoms with Crippen molar-refractivity contribution in [3.63, 3.8) is 0 Å². The molecule has 0 aliphatic carbocycles. The van der Waals surface area contributed by atoms with Crippen molar-refractivity contribution < 1.29 is 46.1 Å². The number of aromatic nitrogens is 4. The number of rotatable bonds is 7. The second-order valence-corrected chi connectivity index (χ2v) is 8.09. The number of aliphatic hydroxyl groups is 1. The van der Waals surface area contributed by atoms with Crippen LogP contribution in [0, 0.1) is 0 Å². The van der Waals surface area contributed by atoms with Crippen LogP contribution in [-0.2, 0) is 4.79 Å². The summed E-state index contributed by atoms with van der Waals surface area (Å²) in [6, 6.07) is 7.11. The Kier molecular flexibility index (Phi) is 6.47. The monoisotopic (exact) mass is 550 g/mol. The maximum Gasteiger partial charge on any atom is 0.418 e. The number of benzene rings is 1. The molecule has 11 nitrogen and oxygen atoms in total. The topological polar surface area (TPSA) is 134 Å². The third-order valence-electron chi connectivity index (χ3n) is 5.54. The van der Waals surface area contributed by atoms with Crippen molar-refractivity contribution in [1.29, 1.82) is 0 Å². The molecular weight excluding hydrogens is 535 g/mol. The molecule has 0 saturated carbocycles. The van der Waals surface area contributed by atoms with Gasteiger partial charge in [0.25, 0.3) is 5.91 Å². The van der Waals surface area contributed by atoms with E-state index in [9.17, 15) is 36.6 Å². The zero-order valence-corrected chi connectivity index (χ0v) is 19.3. The molecule has 4 heterocycles. The Morgan fingerprint density at radius 3 is 2.44 bits per heavy atom. The van der Waals surface area contributed by atoms with Crippen LogP contribution in [0.5, 0.6) is 17.4 Å². The van der Waals surface area contributed by atoms with Gasteiger partial charge in [-0.3, -0.25) is 19.8 Å². The molecule has 3 aromatic heterocycles. The van der Waals surface area contributed by atoms with Gasteiger partial charge in [-0.05, 0) is 36.4 Å². The Hall–Kier alpha value is -4.86. The molecule has 1 aliphatic rings. The quantitative estimate of drug-likeness (QED) is 0.257. The van der Waals surface area contributed by atoms with Gasteiger partial charge >= 0.3 is 18.8 Å². The predicted octanol–water partition coefficient (Wildman–Crippen LogP) is 4.32. The van der Waals surface area contributed by atoms with Crippen molar-refractivity contribution in [2.24, 2.45) is 0 Å². The molecule has 0 bridgehead atoms. The maximum atomic E-state index is 13.0. The van der Waals surface area contributed by atoms with Crippen LogP contribution in [0.25, 0.3) is 11.0 Å². The minimum atomic E-state index is -4.94. The SMILES string of the molecule is O=C1CN(c2cncc(C(O)C(F)(F)F)c2)C(=O)N1c1ccc(Oc2cnc3[nH]nc(OC(F)F)c3c2)cc1. The van der Waals surface area contributed by atoms with Crippen LogP contribution >= 0.6 is 0 Å². The van der Waals surface area contributed by atoms with Gasteiger partial charge in [0.1, 0.15) is 18.0 Å². The van der Waals surface area contributed by atoms with Crippen molar-refractivity contribution in [3.8, 4) is 17.4 Å². The molecule has 39 heavy (non-hydrogen) atoms. The summed E-state index contributed by atoms with van der Waals surface area (Å²) in [5.74, 6) is -0.619. The van der Waals surface area contributed by atoms with Gasteiger partial charge in [0.05, 0.1) is 29.2 Å². The number of pyridine rings is 2. The number of imide groups is 1. The van der Waals surface area contributed by atoms with Crippen LogP contribution in [0.15, 0.2) is 55.0 Å². The van der Waals surface area contributed by atoms with Crippen LogP contribution < -0.4 is 19.3 Å². The molecule has 1 atom stereocenters. The molecule has 5 rings (SSSR count). The van der Waals surface area contributed by atoms with Crippen molar-refractivity contribution in [3.05, 3.63) is 60.6 Å². The number of aliphatic hydroxyl groups excluding tert-OH is 1. The van der Waals surface area contributed by atoms with E-state index in [1.807, 2.05) is 0 Å². The van der Waals surface area contributed by atoms with E-state index >= 15 is 0 Å². The van der Waals surface area contributed by atoms with Crippen molar-refractivity contribution in [2.45, 2.75) is 18.9 Å². The number of hydrogen-bond acceptors (Lipinski definition) is 8. The third kappa shape index (κ3) is 5.13. The molecule has 1 aromatic carbocycles.